The van der Waals surface area contributed by atoms with Gasteiger partial charge in [-0.05, 0) is 48.2 Å². The fraction of sp³-hybridized carbons (Fsp3) is 0.389. The Bertz CT molecular complexity index is 618. The summed E-state index contributed by atoms with van der Waals surface area (Å²) >= 11 is 0. The maximum Gasteiger partial charge on any atom is 0.220 e. The highest BCUT2D eigenvalue weighted by Gasteiger charge is 2.16. The van der Waals surface area contributed by atoms with Crippen molar-refractivity contribution in [2.75, 3.05) is 13.1 Å². The zero-order chi connectivity index (χ0) is 14.5. The van der Waals surface area contributed by atoms with Crippen LogP contribution in [-0.2, 0) is 11.3 Å². The lowest BCUT2D eigenvalue weighted by Crippen LogP contribution is -2.32. The summed E-state index contributed by atoms with van der Waals surface area (Å²) in [5.41, 5.74) is 1.19. The van der Waals surface area contributed by atoms with Gasteiger partial charge in [-0.25, -0.2) is 0 Å². The molecule has 1 aliphatic heterocycles. The number of piperidine rings is 1. The Morgan fingerprint density at radius 2 is 1.82 bits per heavy atom. The van der Waals surface area contributed by atoms with E-state index in [1.54, 1.807) is 0 Å². The fourth-order valence-electron chi connectivity index (χ4n) is 3.06. The molecule has 0 aliphatic carbocycles. The van der Waals surface area contributed by atoms with E-state index in [-0.39, 0.29) is 18.3 Å². The second-order valence-corrected chi connectivity index (χ2v) is 5.81. The van der Waals surface area contributed by atoms with E-state index in [0.717, 1.165) is 25.9 Å². The van der Waals surface area contributed by atoms with Crippen LogP contribution in [0.3, 0.4) is 0 Å². The Morgan fingerprint density at radius 1 is 1.09 bits per heavy atom. The van der Waals surface area contributed by atoms with Gasteiger partial charge in [0.05, 0.1) is 0 Å². The van der Waals surface area contributed by atoms with Crippen molar-refractivity contribution in [1.29, 1.82) is 0 Å². The Labute approximate surface area is 137 Å². The minimum Gasteiger partial charge on any atom is -0.352 e. The number of rotatable bonds is 4. The molecule has 0 aromatic heterocycles. The summed E-state index contributed by atoms with van der Waals surface area (Å²) in [6, 6.07) is 14.6. The number of hydrogen-bond acceptors (Lipinski definition) is 2. The van der Waals surface area contributed by atoms with Crippen LogP contribution in [0.5, 0.6) is 0 Å². The second-order valence-electron chi connectivity index (χ2n) is 5.81. The van der Waals surface area contributed by atoms with Gasteiger partial charge in [0.25, 0.3) is 0 Å². The summed E-state index contributed by atoms with van der Waals surface area (Å²) in [6.07, 6.45) is 2.88. The molecule has 2 aromatic rings. The van der Waals surface area contributed by atoms with Gasteiger partial charge in [-0.3, -0.25) is 4.79 Å². The molecule has 1 amide bonds. The number of fused-ring (bicyclic) bond motifs is 1. The molecule has 3 rings (SSSR count). The van der Waals surface area contributed by atoms with Crippen LogP contribution < -0.4 is 10.6 Å². The van der Waals surface area contributed by atoms with E-state index < -0.39 is 0 Å². The number of benzene rings is 2. The van der Waals surface area contributed by atoms with Gasteiger partial charge in [0, 0.05) is 13.0 Å². The summed E-state index contributed by atoms with van der Waals surface area (Å²) < 4.78 is 0. The summed E-state index contributed by atoms with van der Waals surface area (Å²) in [6.45, 7) is 2.70. The van der Waals surface area contributed by atoms with Crippen molar-refractivity contribution in [2.24, 2.45) is 5.92 Å². The predicted molar refractivity (Wildman–Crippen MR) is 93.3 cm³/mol. The quantitative estimate of drug-likeness (QED) is 0.908. The molecular formula is C18H23ClN2O. The van der Waals surface area contributed by atoms with Crippen LogP contribution in [0.25, 0.3) is 10.8 Å². The molecule has 0 saturated carbocycles. The fourth-order valence-corrected chi connectivity index (χ4v) is 3.06. The molecule has 118 valence electrons. The first-order valence-corrected chi connectivity index (χ1v) is 7.77. The molecule has 3 nitrogen and oxygen atoms in total. The van der Waals surface area contributed by atoms with E-state index in [0.29, 0.717) is 18.9 Å². The van der Waals surface area contributed by atoms with Crippen LogP contribution in [0.4, 0.5) is 0 Å². The molecule has 0 bridgehead atoms. The summed E-state index contributed by atoms with van der Waals surface area (Å²) in [5, 5.41) is 8.86. The van der Waals surface area contributed by atoms with Gasteiger partial charge < -0.3 is 10.6 Å². The minimum absolute atomic E-state index is 0. The van der Waals surface area contributed by atoms with Crippen molar-refractivity contribution in [3.8, 4) is 0 Å². The number of carbonyl (C=O) groups excluding carboxylic acids is 1. The topological polar surface area (TPSA) is 41.1 Å². The summed E-state index contributed by atoms with van der Waals surface area (Å²) in [5.74, 6) is 0.716. The Balaban J connectivity index is 0.00000176. The molecule has 0 spiro atoms. The largest absolute Gasteiger partial charge is 0.352 e. The molecule has 0 atom stereocenters. The number of halogens is 1. The smallest absolute Gasteiger partial charge is 0.220 e. The van der Waals surface area contributed by atoms with E-state index >= 15 is 0 Å². The number of amides is 1. The molecule has 4 heteroatoms. The van der Waals surface area contributed by atoms with E-state index in [1.807, 2.05) is 12.1 Å². The first-order valence-electron chi connectivity index (χ1n) is 7.77. The number of nitrogens with one attached hydrogen (secondary N) is 2. The summed E-state index contributed by atoms with van der Waals surface area (Å²) in [4.78, 5) is 12.1. The molecule has 2 N–H and O–H groups in total. The third-order valence-corrected chi connectivity index (χ3v) is 4.29. The van der Waals surface area contributed by atoms with Crippen LogP contribution in [0.15, 0.2) is 42.5 Å². The van der Waals surface area contributed by atoms with Crippen molar-refractivity contribution < 1.29 is 4.79 Å². The van der Waals surface area contributed by atoms with Crippen molar-refractivity contribution >= 4 is 29.1 Å². The van der Waals surface area contributed by atoms with Crippen LogP contribution in [0, 0.1) is 5.92 Å². The standard InChI is InChI=1S/C18H22N2O.ClH/c21-18(12-14-8-10-19-11-9-14)20-13-16-6-3-5-15-4-1-2-7-17(15)16;/h1-7,14,19H,8-13H2,(H,20,21);1H. The first-order chi connectivity index (χ1) is 10.3. The van der Waals surface area contributed by atoms with Gasteiger partial charge >= 0.3 is 0 Å². The van der Waals surface area contributed by atoms with Crippen LogP contribution >= 0.6 is 12.4 Å². The monoisotopic (exact) mass is 318 g/mol. The lowest BCUT2D eigenvalue weighted by molar-refractivity contribution is -0.122. The van der Waals surface area contributed by atoms with Crippen LogP contribution in [0.2, 0.25) is 0 Å². The lowest BCUT2D eigenvalue weighted by Gasteiger charge is -2.22. The van der Waals surface area contributed by atoms with Gasteiger partial charge in [0.15, 0.2) is 0 Å². The summed E-state index contributed by atoms with van der Waals surface area (Å²) in [7, 11) is 0. The third kappa shape index (κ3) is 4.21. The minimum atomic E-state index is 0. The Morgan fingerprint density at radius 3 is 2.64 bits per heavy atom. The molecule has 0 radical (unpaired) electrons. The SMILES string of the molecule is Cl.O=C(CC1CCNCC1)NCc1cccc2ccccc12. The highest BCUT2D eigenvalue weighted by Crippen LogP contribution is 2.19. The predicted octanol–water partition coefficient (Wildman–Crippen LogP) is 3.27. The van der Waals surface area contributed by atoms with E-state index in [4.69, 9.17) is 0 Å². The molecule has 2 aromatic carbocycles. The lowest BCUT2D eigenvalue weighted by atomic mass is 9.94. The molecule has 1 aliphatic rings. The van der Waals surface area contributed by atoms with Gasteiger partial charge in [-0.1, -0.05) is 42.5 Å². The number of carbonyl (C=O) groups is 1. The highest BCUT2D eigenvalue weighted by atomic mass is 35.5. The van der Waals surface area contributed by atoms with Crippen LogP contribution in [0.1, 0.15) is 24.8 Å². The average Bonchev–Trinajstić information content (AvgIpc) is 2.54. The zero-order valence-corrected chi connectivity index (χ0v) is 13.5. The normalized spacial score (nSPS) is 15.3. The molecule has 1 fully saturated rings. The molecular weight excluding hydrogens is 296 g/mol. The van der Waals surface area contributed by atoms with E-state index in [2.05, 4.69) is 41.0 Å². The van der Waals surface area contributed by atoms with E-state index in [9.17, 15) is 4.79 Å². The highest BCUT2D eigenvalue weighted by molar-refractivity contribution is 5.86. The molecule has 1 saturated heterocycles. The van der Waals surface area contributed by atoms with Gasteiger partial charge in [0.1, 0.15) is 0 Å². The third-order valence-electron chi connectivity index (χ3n) is 4.29. The van der Waals surface area contributed by atoms with Crippen molar-refractivity contribution in [3.05, 3.63) is 48.0 Å². The molecule has 1 heterocycles. The Hall–Kier alpha value is -1.58. The van der Waals surface area contributed by atoms with Gasteiger partial charge in [0.2, 0.25) is 5.91 Å². The average molecular weight is 319 g/mol. The van der Waals surface area contributed by atoms with Crippen molar-refractivity contribution in [3.63, 3.8) is 0 Å². The van der Waals surface area contributed by atoms with Gasteiger partial charge in [-0.15, -0.1) is 12.4 Å². The van der Waals surface area contributed by atoms with Crippen molar-refractivity contribution in [1.82, 2.24) is 10.6 Å². The zero-order valence-electron chi connectivity index (χ0n) is 12.7. The molecule has 22 heavy (non-hydrogen) atoms. The Kier molecular flexibility index (Phi) is 6.22. The maximum atomic E-state index is 12.1. The van der Waals surface area contributed by atoms with Crippen LogP contribution in [-0.4, -0.2) is 19.0 Å². The second kappa shape index (κ2) is 8.16. The van der Waals surface area contributed by atoms with Gasteiger partial charge in [-0.2, -0.15) is 0 Å². The van der Waals surface area contributed by atoms with Crippen molar-refractivity contribution in [2.45, 2.75) is 25.8 Å². The first kappa shape index (κ1) is 16.8. The van der Waals surface area contributed by atoms with E-state index in [1.165, 1.54) is 16.3 Å². The number of hydrogen-bond donors (Lipinski definition) is 2. The maximum absolute atomic E-state index is 12.1. The molecule has 0 unspecified atom stereocenters.